The van der Waals surface area contributed by atoms with Crippen molar-refractivity contribution in [2.24, 2.45) is 0 Å². The van der Waals surface area contributed by atoms with Crippen LogP contribution in [0.25, 0.3) is 10.8 Å². The fourth-order valence-corrected chi connectivity index (χ4v) is 2.47. The van der Waals surface area contributed by atoms with Gasteiger partial charge in [-0.15, -0.1) is 0 Å². The number of aromatic hydroxyl groups is 1. The van der Waals surface area contributed by atoms with Crippen LogP contribution < -0.4 is 4.74 Å². The summed E-state index contributed by atoms with van der Waals surface area (Å²) >= 11 is 0. The van der Waals surface area contributed by atoms with Gasteiger partial charge in [0.15, 0.2) is 0 Å². The topological polar surface area (TPSA) is 110 Å². The van der Waals surface area contributed by atoms with Gasteiger partial charge in [0.05, 0.1) is 11.0 Å². The van der Waals surface area contributed by atoms with Crippen LogP contribution in [0, 0.1) is 10.1 Å². The summed E-state index contributed by atoms with van der Waals surface area (Å²) in [4.78, 5) is 21.2. The number of fused-ring (bicyclic) bond motifs is 1. The SMILES string of the molecule is O=C(O)c1cc(OCc2ccc3ccccc3c2)cc([N+](=O)[O-])c1O. The van der Waals surface area contributed by atoms with Gasteiger partial charge >= 0.3 is 11.7 Å². The van der Waals surface area contributed by atoms with Crippen molar-refractivity contribution < 1.29 is 24.7 Å². The van der Waals surface area contributed by atoms with Crippen molar-refractivity contribution in [1.82, 2.24) is 0 Å². The zero-order valence-corrected chi connectivity index (χ0v) is 12.9. The van der Waals surface area contributed by atoms with Crippen molar-refractivity contribution in [2.75, 3.05) is 0 Å². The average molecular weight is 339 g/mol. The van der Waals surface area contributed by atoms with E-state index < -0.39 is 27.9 Å². The van der Waals surface area contributed by atoms with Crippen molar-refractivity contribution >= 4 is 22.4 Å². The third-order valence-electron chi connectivity index (χ3n) is 3.71. The predicted octanol–water partition coefficient (Wildman–Crippen LogP) is 3.73. The van der Waals surface area contributed by atoms with E-state index in [2.05, 4.69) is 0 Å². The molecule has 0 atom stereocenters. The van der Waals surface area contributed by atoms with Crippen LogP contribution in [-0.2, 0) is 6.61 Å². The highest BCUT2D eigenvalue weighted by Gasteiger charge is 2.23. The van der Waals surface area contributed by atoms with Crippen LogP contribution in [0.2, 0.25) is 0 Å². The number of carboxylic acid groups (broad SMARTS) is 1. The summed E-state index contributed by atoms with van der Waals surface area (Å²) < 4.78 is 5.50. The van der Waals surface area contributed by atoms with Crippen LogP contribution in [0.4, 0.5) is 5.69 Å². The van der Waals surface area contributed by atoms with E-state index >= 15 is 0 Å². The maximum absolute atomic E-state index is 11.1. The zero-order valence-electron chi connectivity index (χ0n) is 12.9. The van der Waals surface area contributed by atoms with Gasteiger partial charge in [-0.1, -0.05) is 36.4 Å². The molecule has 0 aliphatic carbocycles. The third-order valence-corrected chi connectivity index (χ3v) is 3.71. The Kier molecular flexibility index (Phi) is 4.21. The van der Waals surface area contributed by atoms with Crippen LogP contribution >= 0.6 is 0 Å². The van der Waals surface area contributed by atoms with Gasteiger partial charge in [0, 0.05) is 0 Å². The second-order valence-corrected chi connectivity index (χ2v) is 5.37. The van der Waals surface area contributed by atoms with E-state index in [0.717, 1.165) is 28.5 Å². The Labute approximate surface area is 141 Å². The molecule has 0 saturated carbocycles. The van der Waals surface area contributed by atoms with Gasteiger partial charge in [-0.3, -0.25) is 10.1 Å². The molecule has 0 amide bonds. The molecule has 3 aromatic carbocycles. The molecule has 0 aromatic heterocycles. The number of rotatable bonds is 5. The molecule has 3 aromatic rings. The highest BCUT2D eigenvalue weighted by Crippen LogP contribution is 2.34. The van der Waals surface area contributed by atoms with Gasteiger partial charge in [0.1, 0.15) is 17.9 Å². The van der Waals surface area contributed by atoms with Crippen LogP contribution in [0.5, 0.6) is 11.5 Å². The van der Waals surface area contributed by atoms with E-state index in [-0.39, 0.29) is 12.4 Å². The van der Waals surface area contributed by atoms with E-state index in [0.29, 0.717) is 0 Å². The molecule has 0 fully saturated rings. The van der Waals surface area contributed by atoms with E-state index in [1.54, 1.807) is 0 Å². The van der Waals surface area contributed by atoms with Gasteiger partial charge in [0.2, 0.25) is 5.75 Å². The minimum atomic E-state index is -1.48. The summed E-state index contributed by atoms with van der Waals surface area (Å²) in [6, 6.07) is 15.5. The second kappa shape index (κ2) is 6.48. The number of ether oxygens (including phenoxy) is 1. The van der Waals surface area contributed by atoms with Crippen LogP contribution in [0.1, 0.15) is 15.9 Å². The number of hydrogen-bond acceptors (Lipinski definition) is 5. The molecular weight excluding hydrogens is 326 g/mol. The average Bonchev–Trinajstić information content (AvgIpc) is 2.60. The largest absolute Gasteiger partial charge is 0.501 e. The van der Waals surface area contributed by atoms with Crippen LogP contribution in [0.15, 0.2) is 54.6 Å². The van der Waals surface area contributed by atoms with E-state index in [1.807, 2.05) is 42.5 Å². The molecule has 126 valence electrons. The number of hydrogen-bond donors (Lipinski definition) is 2. The summed E-state index contributed by atoms with van der Waals surface area (Å²) in [7, 11) is 0. The molecule has 25 heavy (non-hydrogen) atoms. The Bertz CT molecular complexity index is 947. The Hall–Kier alpha value is -3.61. The number of benzene rings is 3. The summed E-state index contributed by atoms with van der Waals surface area (Å²) in [5.74, 6) is -2.37. The first-order chi connectivity index (χ1) is 12.0. The first-order valence-electron chi connectivity index (χ1n) is 7.31. The van der Waals surface area contributed by atoms with E-state index in [4.69, 9.17) is 9.84 Å². The first-order valence-corrected chi connectivity index (χ1v) is 7.31. The molecule has 0 radical (unpaired) electrons. The van der Waals surface area contributed by atoms with Gasteiger partial charge < -0.3 is 14.9 Å². The first kappa shape index (κ1) is 16.3. The standard InChI is InChI=1S/C18H13NO6/c20-17-15(18(21)22)8-14(9-16(17)19(23)24)25-10-11-5-6-12-3-1-2-4-13(12)7-11/h1-9,20H,10H2,(H,21,22). The highest BCUT2D eigenvalue weighted by molar-refractivity contribution is 5.93. The summed E-state index contributed by atoms with van der Waals surface area (Å²) in [5.41, 5.74) is -0.470. The zero-order chi connectivity index (χ0) is 18.0. The lowest BCUT2D eigenvalue weighted by Gasteiger charge is -2.09. The molecule has 0 saturated heterocycles. The number of nitro groups is 1. The Morgan fingerprint density at radius 3 is 2.48 bits per heavy atom. The van der Waals surface area contributed by atoms with Crippen molar-refractivity contribution in [3.63, 3.8) is 0 Å². The molecule has 7 nitrogen and oxygen atoms in total. The fraction of sp³-hybridized carbons (Fsp3) is 0.0556. The number of nitrogens with zero attached hydrogens (tertiary/aromatic N) is 1. The third kappa shape index (κ3) is 3.35. The lowest BCUT2D eigenvalue weighted by atomic mass is 10.1. The monoisotopic (exact) mass is 339 g/mol. The lowest BCUT2D eigenvalue weighted by Crippen LogP contribution is -2.02. The molecule has 0 spiro atoms. The van der Waals surface area contributed by atoms with Crippen LogP contribution in [-0.4, -0.2) is 21.1 Å². The minimum Gasteiger partial charge on any atom is -0.501 e. The minimum absolute atomic E-state index is 0.00458. The van der Waals surface area contributed by atoms with Crippen LogP contribution in [0.3, 0.4) is 0 Å². The predicted molar refractivity (Wildman–Crippen MR) is 90.0 cm³/mol. The quantitative estimate of drug-likeness (QED) is 0.541. The number of carbonyl (C=O) groups is 1. The summed E-state index contributed by atoms with van der Waals surface area (Å²) in [6.07, 6.45) is 0. The Morgan fingerprint density at radius 2 is 1.80 bits per heavy atom. The van der Waals surface area contributed by atoms with Crippen molar-refractivity contribution in [3.05, 3.63) is 75.8 Å². The molecule has 2 N–H and O–H groups in total. The summed E-state index contributed by atoms with van der Waals surface area (Å²) in [5, 5.41) is 31.8. The highest BCUT2D eigenvalue weighted by atomic mass is 16.6. The molecule has 7 heteroatoms. The van der Waals surface area contributed by atoms with Crippen molar-refractivity contribution in [1.29, 1.82) is 0 Å². The normalized spacial score (nSPS) is 10.6. The molecule has 0 heterocycles. The second-order valence-electron chi connectivity index (χ2n) is 5.37. The lowest BCUT2D eigenvalue weighted by molar-refractivity contribution is -0.386. The van der Waals surface area contributed by atoms with Crippen molar-refractivity contribution in [3.8, 4) is 11.5 Å². The number of nitro benzene ring substituents is 1. The number of aromatic carboxylic acids is 1. The van der Waals surface area contributed by atoms with Gasteiger partial charge in [0.25, 0.3) is 0 Å². The number of phenols is 1. The summed E-state index contributed by atoms with van der Waals surface area (Å²) in [6.45, 7) is 0.103. The van der Waals surface area contributed by atoms with Crippen molar-refractivity contribution in [2.45, 2.75) is 6.61 Å². The van der Waals surface area contributed by atoms with Gasteiger partial charge in [-0.2, -0.15) is 0 Å². The maximum Gasteiger partial charge on any atom is 0.339 e. The molecule has 0 aliphatic rings. The Morgan fingerprint density at radius 1 is 1.08 bits per heavy atom. The van der Waals surface area contributed by atoms with Gasteiger partial charge in [-0.25, -0.2) is 4.79 Å². The smallest absolute Gasteiger partial charge is 0.339 e. The molecule has 3 rings (SSSR count). The maximum atomic E-state index is 11.1. The van der Waals surface area contributed by atoms with Gasteiger partial charge in [-0.05, 0) is 28.5 Å². The molecule has 0 bridgehead atoms. The van der Waals surface area contributed by atoms with E-state index in [1.165, 1.54) is 0 Å². The molecular formula is C18H13NO6. The fourth-order valence-electron chi connectivity index (χ4n) is 2.47. The Balaban J connectivity index is 1.89. The molecule has 0 aliphatic heterocycles. The molecule has 0 unspecified atom stereocenters. The number of carboxylic acids is 1. The van der Waals surface area contributed by atoms with E-state index in [9.17, 15) is 20.0 Å².